The summed E-state index contributed by atoms with van der Waals surface area (Å²) >= 11 is 0. The summed E-state index contributed by atoms with van der Waals surface area (Å²) in [5.74, 6) is 0.209. The molecule has 4 heteroatoms. The number of carbonyl (C=O) groups is 1. The number of hydrogen-bond acceptors (Lipinski definition) is 3. The maximum atomic E-state index is 11.9. The van der Waals surface area contributed by atoms with Gasteiger partial charge in [0.2, 0.25) is 5.91 Å². The van der Waals surface area contributed by atoms with Crippen LogP contribution in [0.5, 0.6) is 0 Å². The van der Waals surface area contributed by atoms with Crippen molar-refractivity contribution in [1.82, 2.24) is 9.80 Å². The Hall–Kier alpha value is -0.610. The second kappa shape index (κ2) is 4.28. The second-order valence-electron chi connectivity index (χ2n) is 4.42. The molecular formula is C10H21N3O. The Labute approximate surface area is 86.0 Å². The van der Waals surface area contributed by atoms with Crippen LogP contribution in [0.15, 0.2) is 0 Å². The Bertz CT molecular complexity index is 213. The molecule has 1 fully saturated rings. The molecule has 1 saturated heterocycles. The molecule has 0 saturated carbocycles. The van der Waals surface area contributed by atoms with Gasteiger partial charge in [-0.15, -0.1) is 0 Å². The lowest BCUT2D eigenvalue weighted by Crippen LogP contribution is -2.62. The van der Waals surface area contributed by atoms with Crippen molar-refractivity contribution < 1.29 is 4.79 Å². The molecule has 1 rings (SSSR count). The van der Waals surface area contributed by atoms with Gasteiger partial charge in [-0.3, -0.25) is 9.69 Å². The van der Waals surface area contributed by atoms with Gasteiger partial charge < -0.3 is 10.6 Å². The fraction of sp³-hybridized carbons (Fsp3) is 0.900. The van der Waals surface area contributed by atoms with E-state index in [0.717, 1.165) is 26.1 Å². The van der Waals surface area contributed by atoms with Crippen LogP contribution in [0, 0.1) is 0 Å². The van der Waals surface area contributed by atoms with Crippen molar-refractivity contribution in [2.45, 2.75) is 25.8 Å². The van der Waals surface area contributed by atoms with Crippen LogP contribution in [0.1, 0.15) is 20.3 Å². The molecule has 0 aromatic rings. The lowest BCUT2D eigenvalue weighted by Gasteiger charge is -2.44. The molecule has 0 unspecified atom stereocenters. The highest BCUT2D eigenvalue weighted by atomic mass is 16.2. The van der Waals surface area contributed by atoms with Crippen molar-refractivity contribution in [3.05, 3.63) is 0 Å². The van der Waals surface area contributed by atoms with Crippen LogP contribution >= 0.6 is 0 Å². The summed E-state index contributed by atoms with van der Waals surface area (Å²) in [6.45, 7) is 7.37. The predicted octanol–water partition coefficient (Wildman–Crippen LogP) is -0.112. The second-order valence-corrected chi connectivity index (χ2v) is 4.42. The average molecular weight is 199 g/mol. The van der Waals surface area contributed by atoms with Crippen LogP contribution in [-0.4, -0.2) is 54.5 Å². The van der Waals surface area contributed by atoms with Crippen molar-refractivity contribution in [2.24, 2.45) is 5.73 Å². The third-order valence-corrected chi connectivity index (χ3v) is 3.00. The van der Waals surface area contributed by atoms with Gasteiger partial charge >= 0.3 is 0 Å². The van der Waals surface area contributed by atoms with E-state index in [-0.39, 0.29) is 11.4 Å². The molecule has 1 amide bonds. The largest absolute Gasteiger partial charge is 0.343 e. The van der Waals surface area contributed by atoms with Crippen LogP contribution in [0.25, 0.3) is 0 Å². The quantitative estimate of drug-likeness (QED) is 0.690. The Morgan fingerprint density at radius 1 is 1.43 bits per heavy atom. The highest BCUT2D eigenvalue weighted by Crippen LogP contribution is 2.21. The third kappa shape index (κ3) is 2.07. The molecule has 1 heterocycles. The number of nitrogens with two attached hydrogens (primary N) is 1. The number of piperazine rings is 1. The van der Waals surface area contributed by atoms with Gasteiger partial charge in [-0.2, -0.15) is 0 Å². The molecular weight excluding hydrogens is 178 g/mol. The van der Waals surface area contributed by atoms with Gasteiger partial charge in [0.25, 0.3) is 0 Å². The molecule has 0 bridgehead atoms. The maximum Gasteiger partial charge on any atom is 0.242 e. The van der Waals surface area contributed by atoms with Gasteiger partial charge in [0.1, 0.15) is 0 Å². The van der Waals surface area contributed by atoms with Crippen LogP contribution in [0.4, 0.5) is 0 Å². The van der Waals surface area contributed by atoms with Gasteiger partial charge in [0.15, 0.2) is 0 Å². The number of nitrogens with zero attached hydrogens (tertiary/aromatic N) is 2. The van der Waals surface area contributed by atoms with Crippen LogP contribution in [0.3, 0.4) is 0 Å². The van der Waals surface area contributed by atoms with Crippen LogP contribution in [-0.2, 0) is 4.79 Å². The SMILES string of the molecule is CN1CCN(CCCN)C(C)(C)C1=O. The van der Waals surface area contributed by atoms with Crippen LogP contribution in [0.2, 0.25) is 0 Å². The topological polar surface area (TPSA) is 49.6 Å². The summed E-state index contributed by atoms with van der Waals surface area (Å²) in [6, 6.07) is 0. The first-order valence-electron chi connectivity index (χ1n) is 5.21. The molecule has 0 radical (unpaired) electrons. The lowest BCUT2D eigenvalue weighted by molar-refractivity contribution is -0.147. The van der Waals surface area contributed by atoms with Crippen molar-refractivity contribution in [1.29, 1.82) is 0 Å². The van der Waals surface area contributed by atoms with Crippen LogP contribution < -0.4 is 5.73 Å². The number of carbonyl (C=O) groups excluding carboxylic acids is 1. The molecule has 14 heavy (non-hydrogen) atoms. The number of hydrogen-bond donors (Lipinski definition) is 1. The van der Waals surface area contributed by atoms with Crippen molar-refractivity contribution in [2.75, 3.05) is 33.2 Å². The normalized spacial score (nSPS) is 22.9. The minimum absolute atomic E-state index is 0.209. The zero-order valence-electron chi connectivity index (χ0n) is 9.42. The van der Waals surface area contributed by atoms with E-state index in [1.165, 1.54) is 0 Å². The van der Waals surface area contributed by atoms with Crippen molar-refractivity contribution in [3.63, 3.8) is 0 Å². The number of rotatable bonds is 3. The number of likely N-dealkylation sites (N-methyl/N-ethyl adjacent to an activating group) is 1. The first-order chi connectivity index (χ1) is 6.50. The van der Waals surface area contributed by atoms with Gasteiger partial charge in [-0.1, -0.05) is 0 Å². The van der Waals surface area contributed by atoms with Gasteiger partial charge in [0, 0.05) is 26.7 Å². The first-order valence-corrected chi connectivity index (χ1v) is 5.21. The van der Waals surface area contributed by atoms with E-state index in [2.05, 4.69) is 4.90 Å². The summed E-state index contributed by atoms with van der Waals surface area (Å²) in [5, 5.41) is 0. The molecule has 0 spiro atoms. The Morgan fingerprint density at radius 3 is 2.64 bits per heavy atom. The Morgan fingerprint density at radius 2 is 2.07 bits per heavy atom. The van der Waals surface area contributed by atoms with Crippen molar-refractivity contribution >= 4 is 5.91 Å². The molecule has 2 N–H and O–H groups in total. The van der Waals surface area contributed by atoms with E-state index >= 15 is 0 Å². The van der Waals surface area contributed by atoms with E-state index in [1.807, 2.05) is 20.9 Å². The Balaban J connectivity index is 2.64. The fourth-order valence-corrected chi connectivity index (χ4v) is 1.93. The minimum atomic E-state index is -0.359. The molecule has 0 atom stereocenters. The summed E-state index contributed by atoms with van der Waals surface area (Å²) in [4.78, 5) is 15.9. The monoisotopic (exact) mass is 199 g/mol. The molecule has 0 aliphatic carbocycles. The molecule has 0 aromatic heterocycles. The van der Waals surface area contributed by atoms with E-state index in [1.54, 1.807) is 4.90 Å². The molecule has 1 aliphatic heterocycles. The average Bonchev–Trinajstić information content (AvgIpc) is 2.14. The fourth-order valence-electron chi connectivity index (χ4n) is 1.93. The standard InChI is InChI=1S/C10H21N3O/c1-10(2)9(14)12(3)7-8-13(10)6-4-5-11/h4-8,11H2,1-3H3. The summed E-state index contributed by atoms with van der Waals surface area (Å²) in [5.41, 5.74) is 5.12. The van der Waals surface area contributed by atoms with Gasteiger partial charge in [-0.05, 0) is 26.8 Å². The summed E-state index contributed by atoms with van der Waals surface area (Å²) < 4.78 is 0. The Kier molecular flexibility index (Phi) is 3.50. The first kappa shape index (κ1) is 11.5. The van der Waals surface area contributed by atoms with Gasteiger partial charge in [-0.25, -0.2) is 0 Å². The maximum absolute atomic E-state index is 11.9. The molecule has 0 aromatic carbocycles. The molecule has 82 valence electrons. The van der Waals surface area contributed by atoms with Crippen molar-refractivity contribution in [3.8, 4) is 0 Å². The zero-order chi connectivity index (χ0) is 10.8. The van der Waals surface area contributed by atoms with E-state index in [9.17, 15) is 4.79 Å². The predicted molar refractivity (Wildman–Crippen MR) is 57.0 cm³/mol. The van der Waals surface area contributed by atoms with E-state index < -0.39 is 0 Å². The smallest absolute Gasteiger partial charge is 0.242 e. The molecule has 4 nitrogen and oxygen atoms in total. The molecule has 1 aliphatic rings. The minimum Gasteiger partial charge on any atom is -0.343 e. The van der Waals surface area contributed by atoms with E-state index in [4.69, 9.17) is 5.73 Å². The van der Waals surface area contributed by atoms with E-state index in [0.29, 0.717) is 6.54 Å². The lowest BCUT2D eigenvalue weighted by atomic mass is 9.97. The highest BCUT2D eigenvalue weighted by Gasteiger charge is 2.39. The summed E-state index contributed by atoms with van der Waals surface area (Å²) in [7, 11) is 1.87. The highest BCUT2D eigenvalue weighted by molar-refractivity contribution is 5.86. The number of amides is 1. The zero-order valence-corrected chi connectivity index (χ0v) is 9.42. The summed E-state index contributed by atoms with van der Waals surface area (Å²) in [6.07, 6.45) is 0.959. The third-order valence-electron chi connectivity index (χ3n) is 3.00. The van der Waals surface area contributed by atoms with Gasteiger partial charge in [0.05, 0.1) is 5.54 Å².